The highest BCUT2D eigenvalue weighted by Gasteiger charge is 2.30. The zero-order valence-corrected chi connectivity index (χ0v) is 67.6. The molecule has 0 amide bonds. The van der Waals surface area contributed by atoms with Gasteiger partial charge in [-0.15, -0.1) is 0 Å². The molecule has 19 heteroatoms. The quantitative estimate of drug-likeness (QED) is 0.0222. The van der Waals surface area contributed by atoms with Crippen LogP contribution < -0.4 is 0 Å². The predicted octanol–water partition coefficient (Wildman–Crippen LogP) is 24.0. The van der Waals surface area contributed by atoms with E-state index in [1.165, 1.54) is 212 Å². The third kappa shape index (κ3) is 71.7. The Hall–Kier alpha value is -1.94. The molecule has 0 rings (SSSR count). The molecular weight excluding hydrogens is 1310 g/mol. The summed E-state index contributed by atoms with van der Waals surface area (Å²) in [5.74, 6) is 1.03. The molecule has 17 nitrogen and oxygen atoms in total. The minimum absolute atomic E-state index is 0.105. The summed E-state index contributed by atoms with van der Waals surface area (Å²) in [5.41, 5.74) is 0. The molecule has 4 unspecified atom stereocenters. The van der Waals surface area contributed by atoms with Crippen molar-refractivity contribution in [3.05, 3.63) is 0 Å². The van der Waals surface area contributed by atoms with E-state index in [9.17, 15) is 43.2 Å². The molecule has 0 aromatic heterocycles. The summed E-state index contributed by atoms with van der Waals surface area (Å²) in [4.78, 5) is 73.0. The Morgan fingerprint density at radius 1 is 0.280 bits per heavy atom. The van der Waals surface area contributed by atoms with E-state index < -0.39 is 97.5 Å². The van der Waals surface area contributed by atoms with Gasteiger partial charge in [-0.2, -0.15) is 0 Å². The molecule has 7 atom stereocenters. The van der Waals surface area contributed by atoms with Gasteiger partial charge in [0, 0.05) is 25.7 Å². The van der Waals surface area contributed by atoms with Gasteiger partial charge in [-0.05, 0) is 49.4 Å². The minimum Gasteiger partial charge on any atom is -0.462 e. The number of carbonyl (C=O) groups excluding carboxylic acids is 4. The van der Waals surface area contributed by atoms with Gasteiger partial charge in [-0.3, -0.25) is 37.3 Å². The Morgan fingerprint density at radius 2 is 0.480 bits per heavy atom. The van der Waals surface area contributed by atoms with Gasteiger partial charge in [-0.25, -0.2) is 9.13 Å². The fraction of sp³-hybridized carbons (Fsp3) is 0.951. The zero-order chi connectivity index (χ0) is 73.8. The van der Waals surface area contributed by atoms with Crippen molar-refractivity contribution in [3.8, 4) is 0 Å². The number of esters is 4. The van der Waals surface area contributed by atoms with Crippen LogP contribution in [-0.4, -0.2) is 96.7 Å². The third-order valence-corrected chi connectivity index (χ3v) is 21.4. The lowest BCUT2D eigenvalue weighted by atomic mass is 9.99. The molecule has 3 N–H and O–H groups in total. The topological polar surface area (TPSA) is 237 Å². The lowest BCUT2D eigenvalue weighted by Crippen LogP contribution is -2.30. The summed E-state index contributed by atoms with van der Waals surface area (Å²) < 4.78 is 68.7. The van der Waals surface area contributed by atoms with Crippen LogP contribution in [0.4, 0.5) is 0 Å². The van der Waals surface area contributed by atoms with Crippen LogP contribution >= 0.6 is 15.6 Å². The second kappa shape index (κ2) is 70.1. The molecule has 0 radical (unpaired) electrons. The smallest absolute Gasteiger partial charge is 0.462 e. The fourth-order valence-electron chi connectivity index (χ4n) is 12.4. The molecule has 0 saturated heterocycles. The van der Waals surface area contributed by atoms with Crippen molar-refractivity contribution in [1.29, 1.82) is 0 Å². The molecule has 0 aliphatic heterocycles. The van der Waals surface area contributed by atoms with Gasteiger partial charge in [0.05, 0.1) is 26.4 Å². The molecule has 0 aliphatic rings. The van der Waals surface area contributed by atoms with Crippen LogP contribution in [0.3, 0.4) is 0 Å². The molecule has 0 spiro atoms. The Labute approximate surface area is 613 Å². The standard InChI is InChI=1S/C81H158O17P2/c1-9-73(7)59-51-43-35-29-23-17-14-15-18-24-30-36-45-53-61-78(83)91-67-76(97-80(85)63-55-47-37-31-25-19-13-11-12-16-21-27-33-41-49-57-71(3)4)69-95-99(87,88)93-65-75(82)66-94-100(89,90)96-70-77(68-92-79(84)62-54-46-40-39-44-52-60-74(8)10-2)98-81(86)64-56-48-38-32-26-20-22-28-34-42-50-58-72(5)6/h71-77,82H,9-70H2,1-8H3,(H,87,88)(H,89,90)/t73?,74?,75-,76-,77-/m1/s1. The van der Waals surface area contributed by atoms with Gasteiger partial charge in [-0.1, -0.05) is 364 Å². The van der Waals surface area contributed by atoms with Crippen LogP contribution in [0.5, 0.6) is 0 Å². The minimum atomic E-state index is -4.96. The van der Waals surface area contributed by atoms with Crippen molar-refractivity contribution in [2.24, 2.45) is 23.7 Å². The van der Waals surface area contributed by atoms with Crippen LogP contribution in [0.15, 0.2) is 0 Å². The predicted molar refractivity (Wildman–Crippen MR) is 409 cm³/mol. The second-order valence-corrected chi connectivity index (χ2v) is 33.5. The van der Waals surface area contributed by atoms with Gasteiger partial charge in [0.2, 0.25) is 0 Å². The second-order valence-electron chi connectivity index (χ2n) is 30.6. The zero-order valence-electron chi connectivity index (χ0n) is 65.8. The molecule has 594 valence electrons. The highest BCUT2D eigenvalue weighted by molar-refractivity contribution is 7.47. The summed E-state index contributed by atoms with van der Waals surface area (Å²) in [7, 11) is -9.92. The lowest BCUT2D eigenvalue weighted by Gasteiger charge is -2.21. The summed E-state index contributed by atoms with van der Waals surface area (Å²) in [6, 6.07) is 0. The summed E-state index contributed by atoms with van der Waals surface area (Å²) in [5, 5.41) is 10.6. The Kier molecular flexibility index (Phi) is 68.7. The first kappa shape index (κ1) is 98.1. The molecule has 0 aromatic carbocycles. The largest absolute Gasteiger partial charge is 0.472 e. The van der Waals surface area contributed by atoms with Crippen LogP contribution in [0.25, 0.3) is 0 Å². The number of carbonyl (C=O) groups is 4. The van der Waals surface area contributed by atoms with Gasteiger partial charge in [0.1, 0.15) is 19.3 Å². The van der Waals surface area contributed by atoms with Crippen LogP contribution in [-0.2, 0) is 65.4 Å². The average molecular weight is 1470 g/mol. The molecule has 0 bridgehead atoms. The van der Waals surface area contributed by atoms with E-state index >= 15 is 0 Å². The van der Waals surface area contributed by atoms with E-state index in [4.69, 9.17) is 37.0 Å². The van der Waals surface area contributed by atoms with E-state index in [-0.39, 0.29) is 25.7 Å². The number of hydrogen-bond acceptors (Lipinski definition) is 15. The number of unbranched alkanes of at least 4 members (excludes halogenated alkanes) is 42. The van der Waals surface area contributed by atoms with E-state index in [0.29, 0.717) is 25.7 Å². The maximum atomic E-state index is 13.1. The van der Waals surface area contributed by atoms with Gasteiger partial charge < -0.3 is 33.8 Å². The first-order valence-electron chi connectivity index (χ1n) is 41.8. The van der Waals surface area contributed by atoms with Crippen molar-refractivity contribution in [2.75, 3.05) is 39.6 Å². The molecule has 0 aliphatic carbocycles. The number of rotatable bonds is 78. The summed E-state index contributed by atoms with van der Waals surface area (Å²) in [6.45, 7) is 14.3. The van der Waals surface area contributed by atoms with Gasteiger partial charge in [0.25, 0.3) is 0 Å². The average Bonchev–Trinajstić information content (AvgIpc) is 1.09. The number of phosphoric acid groups is 2. The molecule has 100 heavy (non-hydrogen) atoms. The number of aliphatic hydroxyl groups excluding tert-OH is 1. The lowest BCUT2D eigenvalue weighted by molar-refractivity contribution is -0.161. The molecule has 0 heterocycles. The van der Waals surface area contributed by atoms with E-state index in [1.54, 1.807) is 0 Å². The first-order valence-corrected chi connectivity index (χ1v) is 44.8. The number of aliphatic hydroxyl groups is 1. The maximum absolute atomic E-state index is 13.1. The number of hydrogen-bond donors (Lipinski definition) is 3. The first-order chi connectivity index (χ1) is 48.2. The Morgan fingerprint density at radius 3 is 0.710 bits per heavy atom. The number of phosphoric ester groups is 2. The molecule has 0 fully saturated rings. The van der Waals surface area contributed by atoms with Crippen LogP contribution in [0, 0.1) is 23.7 Å². The van der Waals surface area contributed by atoms with Crippen molar-refractivity contribution in [2.45, 2.75) is 433 Å². The maximum Gasteiger partial charge on any atom is 0.472 e. The van der Waals surface area contributed by atoms with E-state index in [0.717, 1.165) is 120 Å². The van der Waals surface area contributed by atoms with Crippen molar-refractivity contribution < 1.29 is 80.2 Å². The Bertz CT molecular complexity index is 1960. The van der Waals surface area contributed by atoms with E-state index in [2.05, 4.69) is 55.4 Å². The summed E-state index contributed by atoms with van der Waals surface area (Å²) in [6.07, 6.45) is 56.8. The summed E-state index contributed by atoms with van der Waals surface area (Å²) >= 11 is 0. The SMILES string of the molecule is CCC(C)CCCCCCCCCCCCCCCCC(=O)OC[C@H](COP(=O)(O)OC[C@@H](O)COP(=O)(O)OC[C@@H](COC(=O)CCCCCCCCC(C)CC)OC(=O)CCCCCCCCCCCCCC(C)C)OC(=O)CCCCCCCCCCCCCCCCCC(C)C. The van der Waals surface area contributed by atoms with Gasteiger partial charge in [0.15, 0.2) is 12.2 Å². The van der Waals surface area contributed by atoms with Crippen molar-refractivity contribution in [3.63, 3.8) is 0 Å². The highest BCUT2D eigenvalue weighted by Crippen LogP contribution is 2.45. The molecule has 0 aromatic rings. The Balaban J connectivity index is 5.25. The van der Waals surface area contributed by atoms with Crippen molar-refractivity contribution >= 4 is 39.5 Å². The molecule has 0 saturated carbocycles. The normalized spacial score (nSPS) is 14.6. The molecular formula is C81H158O17P2. The van der Waals surface area contributed by atoms with Gasteiger partial charge >= 0.3 is 39.5 Å². The third-order valence-electron chi connectivity index (χ3n) is 19.5. The highest BCUT2D eigenvalue weighted by atomic mass is 31.2. The van der Waals surface area contributed by atoms with Crippen molar-refractivity contribution in [1.82, 2.24) is 0 Å². The monoisotopic (exact) mass is 1470 g/mol. The van der Waals surface area contributed by atoms with Crippen LogP contribution in [0.2, 0.25) is 0 Å². The van der Waals surface area contributed by atoms with E-state index in [1.807, 2.05) is 0 Å². The number of ether oxygens (including phenoxy) is 4. The fourth-order valence-corrected chi connectivity index (χ4v) is 13.9. The van der Waals surface area contributed by atoms with Crippen LogP contribution in [0.1, 0.15) is 415 Å².